The number of likely N-dealkylation sites (tertiary alicyclic amines) is 1. The van der Waals surface area contributed by atoms with E-state index in [1.54, 1.807) is 23.1 Å². The molecule has 33 heavy (non-hydrogen) atoms. The van der Waals surface area contributed by atoms with E-state index < -0.39 is 17.7 Å². The van der Waals surface area contributed by atoms with Gasteiger partial charge >= 0.3 is 0 Å². The molecule has 1 amide bonds. The van der Waals surface area contributed by atoms with Crippen LogP contribution in [0.5, 0.6) is 11.5 Å². The van der Waals surface area contributed by atoms with E-state index >= 15 is 0 Å². The summed E-state index contributed by atoms with van der Waals surface area (Å²) in [6.45, 7) is 2.44. The third-order valence-corrected chi connectivity index (χ3v) is 6.61. The van der Waals surface area contributed by atoms with Gasteiger partial charge in [0.25, 0.3) is 11.7 Å². The van der Waals surface area contributed by atoms with Gasteiger partial charge in [0.15, 0.2) is 0 Å². The molecule has 2 aromatic carbocycles. The topological polar surface area (TPSA) is 76.1 Å². The number of rotatable bonds is 6. The maximum absolute atomic E-state index is 13.3. The summed E-state index contributed by atoms with van der Waals surface area (Å²) in [6.07, 6.45) is 4.80. The van der Waals surface area contributed by atoms with E-state index in [1.807, 2.05) is 31.2 Å². The predicted octanol–water partition coefficient (Wildman–Crippen LogP) is 5.50. The lowest BCUT2D eigenvalue weighted by Crippen LogP contribution is -2.40. The standard InChI is InChI=1S/C26H28ClNO5/c1-3-33-19-12-9-16(10-13-19)23-22(24(29)20-15-17(27)11-14-21(20)32-2)25(30)26(31)28(23)18-7-5-4-6-8-18/h9-15,18,23,29H,3-8H2,1-2H3/b24-22+. The summed E-state index contributed by atoms with van der Waals surface area (Å²) in [6, 6.07) is 11.4. The van der Waals surface area contributed by atoms with Crippen LogP contribution in [-0.2, 0) is 9.59 Å². The van der Waals surface area contributed by atoms with E-state index in [2.05, 4.69) is 0 Å². The number of benzene rings is 2. The first kappa shape index (κ1) is 23.2. The Morgan fingerprint density at radius 3 is 2.42 bits per heavy atom. The molecule has 0 spiro atoms. The van der Waals surface area contributed by atoms with E-state index in [9.17, 15) is 14.7 Å². The van der Waals surface area contributed by atoms with Crippen LogP contribution in [0.4, 0.5) is 0 Å². The first-order valence-electron chi connectivity index (χ1n) is 11.3. The molecular weight excluding hydrogens is 442 g/mol. The quantitative estimate of drug-likeness (QED) is 0.343. The number of methoxy groups -OCH3 is 1. The average Bonchev–Trinajstić information content (AvgIpc) is 3.10. The van der Waals surface area contributed by atoms with E-state index in [0.29, 0.717) is 23.1 Å². The molecule has 2 aliphatic rings. The number of carbonyl (C=O) groups excluding carboxylic acids is 2. The molecule has 1 aliphatic heterocycles. The normalized spacial score (nSPS) is 20.8. The molecule has 174 valence electrons. The van der Waals surface area contributed by atoms with Crippen LogP contribution in [0.1, 0.15) is 56.2 Å². The second kappa shape index (κ2) is 9.87. The summed E-state index contributed by atoms with van der Waals surface area (Å²) in [7, 11) is 1.48. The van der Waals surface area contributed by atoms with Crippen molar-refractivity contribution in [3.05, 3.63) is 64.2 Å². The smallest absolute Gasteiger partial charge is 0.295 e. The van der Waals surface area contributed by atoms with Gasteiger partial charge in [-0.25, -0.2) is 0 Å². The number of aliphatic hydroxyl groups is 1. The fraction of sp³-hybridized carbons (Fsp3) is 0.385. The Labute approximate surface area is 198 Å². The van der Waals surface area contributed by atoms with Gasteiger partial charge in [-0.1, -0.05) is 43.0 Å². The molecule has 1 atom stereocenters. The number of carbonyl (C=O) groups is 2. The van der Waals surface area contributed by atoms with Crippen LogP contribution in [0.15, 0.2) is 48.0 Å². The minimum absolute atomic E-state index is 0.0512. The summed E-state index contributed by atoms with van der Waals surface area (Å²) in [4.78, 5) is 28.2. The molecule has 7 heteroatoms. The van der Waals surface area contributed by atoms with Gasteiger partial charge in [0.2, 0.25) is 0 Å². The van der Waals surface area contributed by atoms with Crippen LogP contribution in [0.3, 0.4) is 0 Å². The first-order chi connectivity index (χ1) is 16.0. The fourth-order valence-corrected chi connectivity index (χ4v) is 5.01. The van der Waals surface area contributed by atoms with Gasteiger partial charge in [-0.3, -0.25) is 9.59 Å². The number of Topliss-reactive ketones (excluding diaryl/α,β-unsaturated/α-hetero) is 1. The number of amides is 1. The second-order valence-electron chi connectivity index (χ2n) is 8.34. The second-order valence-corrected chi connectivity index (χ2v) is 8.78. The lowest BCUT2D eigenvalue weighted by atomic mass is 9.91. The lowest BCUT2D eigenvalue weighted by molar-refractivity contribution is -0.141. The summed E-state index contributed by atoms with van der Waals surface area (Å²) < 4.78 is 10.9. The summed E-state index contributed by atoms with van der Waals surface area (Å²) >= 11 is 6.18. The minimum atomic E-state index is -0.701. The zero-order chi connectivity index (χ0) is 23.5. The van der Waals surface area contributed by atoms with Crippen molar-refractivity contribution in [3.8, 4) is 11.5 Å². The molecule has 1 heterocycles. The van der Waals surface area contributed by atoms with Crippen LogP contribution < -0.4 is 9.47 Å². The average molecular weight is 470 g/mol. The van der Waals surface area contributed by atoms with Crippen LogP contribution in [0.2, 0.25) is 5.02 Å². The van der Waals surface area contributed by atoms with Gasteiger partial charge in [0.1, 0.15) is 17.3 Å². The number of nitrogens with zero attached hydrogens (tertiary/aromatic N) is 1. The van der Waals surface area contributed by atoms with E-state index in [-0.39, 0.29) is 22.9 Å². The molecule has 1 aliphatic carbocycles. The SMILES string of the molecule is CCOc1ccc(C2/C(=C(\O)c3cc(Cl)ccc3OC)C(=O)C(=O)N2C2CCCCC2)cc1. The van der Waals surface area contributed by atoms with Crippen LogP contribution in [-0.4, -0.2) is 41.5 Å². The molecule has 1 N–H and O–H groups in total. The van der Waals surface area contributed by atoms with Crippen molar-refractivity contribution < 1.29 is 24.2 Å². The third kappa shape index (κ3) is 4.44. The zero-order valence-electron chi connectivity index (χ0n) is 18.8. The van der Waals surface area contributed by atoms with Crippen molar-refractivity contribution in [1.29, 1.82) is 0 Å². The minimum Gasteiger partial charge on any atom is -0.507 e. The molecule has 2 aromatic rings. The number of halogens is 1. The molecule has 4 rings (SSSR count). The van der Waals surface area contributed by atoms with Crippen molar-refractivity contribution in [2.24, 2.45) is 0 Å². The Morgan fingerprint density at radius 1 is 1.09 bits per heavy atom. The molecule has 2 fully saturated rings. The van der Waals surface area contributed by atoms with Crippen LogP contribution >= 0.6 is 11.6 Å². The Balaban J connectivity index is 1.88. The monoisotopic (exact) mass is 469 g/mol. The van der Waals surface area contributed by atoms with E-state index in [1.165, 1.54) is 7.11 Å². The number of ketones is 1. The lowest BCUT2D eigenvalue weighted by Gasteiger charge is -2.35. The molecule has 1 saturated carbocycles. The molecule has 0 radical (unpaired) electrons. The maximum Gasteiger partial charge on any atom is 0.295 e. The molecule has 1 saturated heterocycles. The summed E-state index contributed by atoms with van der Waals surface area (Å²) in [5, 5.41) is 11.7. The maximum atomic E-state index is 13.3. The van der Waals surface area contributed by atoms with Crippen molar-refractivity contribution in [1.82, 2.24) is 4.90 Å². The molecule has 1 unspecified atom stereocenters. The number of aliphatic hydroxyl groups excluding tert-OH is 1. The van der Waals surface area contributed by atoms with E-state index in [0.717, 1.165) is 37.7 Å². The number of hydrogen-bond acceptors (Lipinski definition) is 5. The Hall–Kier alpha value is -2.99. The zero-order valence-corrected chi connectivity index (χ0v) is 19.6. The van der Waals surface area contributed by atoms with Crippen molar-refractivity contribution in [2.45, 2.75) is 51.1 Å². The van der Waals surface area contributed by atoms with Gasteiger partial charge in [-0.05, 0) is 55.7 Å². The number of hydrogen-bond donors (Lipinski definition) is 1. The highest BCUT2D eigenvalue weighted by Gasteiger charge is 2.49. The highest BCUT2D eigenvalue weighted by atomic mass is 35.5. The number of ether oxygens (including phenoxy) is 2. The van der Waals surface area contributed by atoms with Crippen molar-refractivity contribution >= 4 is 29.1 Å². The first-order valence-corrected chi connectivity index (χ1v) is 11.7. The largest absolute Gasteiger partial charge is 0.507 e. The Morgan fingerprint density at radius 2 is 1.79 bits per heavy atom. The molecule has 6 nitrogen and oxygen atoms in total. The van der Waals surface area contributed by atoms with Crippen molar-refractivity contribution in [2.75, 3.05) is 13.7 Å². The molecule has 0 bridgehead atoms. The Bertz CT molecular complexity index is 1070. The molecule has 0 aromatic heterocycles. The van der Waals surface area contributed by atoms with Gasteiger partial charge in [-0.2, -0.15) is 0 Å². The van der Waals surface area contributed by atoms with Crippen LogP contribution in [0.25, 0.3) is 5.76 Å². The van der Waals surface area contributed by atoms with Gasteiger partial charge < -0.3 is 19.5 Å². The molecular formula is C26H28ClNO5. The third-order valence-electron chi connectivity index (χ3n) is 6.37. The predicted molar refractivity (Wildman–Crippen MR) is 127 cm³/mol. The fourth-order valence-electron chi connectivity index (χ4n) is 4.84. The van der Waals surface area contributed by atoms with Gasteiger partial charge in [0.05, 0.1) is 30.9 Å². The van der Waals surface area contributed by atoms with E-state index in [4.69, 9.17) is 21.1 Å². The van der Waals surface area contributed by atoms with Crippen LogP contribution in [0, 0.1) is 0 Å². The van der Waals surface area contributed by atoms with Gasteiger partial charge in [0, 0.05) is 11.1 Å². The highest BCUT2D eigenvalue weighted by molar-refractivity contribution is 6.46. The summed E-state index contributed by atoms with van der Waals surface area (Å²) in [5.41, 5.74) is 1.07. The summed E-state index contributed by atoms with van der Waals surface area (Å²) in [5.74, 6) is -0.495. The Kier molecular flexibility index (Phi) is 6.94. The highest BCUT2D eigenvalue weighted by Crippen LogP contribution is 2.44. The van der Waals surface area contributed by atoms with Gasteiger partial charge in [-0.15, -0.1) is 0 Å². The van der Waals surface area contributed by atoms with Crippen molar-refractivity contribution in [3.63, 3.8) is 0 Å².